The molecule has 0 saturated heterocycles. The number of nitrogens with two attached hydrogens (primary N) is 1. The molecule has 0 fully saturated rings. The number of benzene rings is 2. The first-order chi connectivity index (χ1) is 21.1. The van der Waals surface area contributed by atoms with Gasteiger partial charge in [-0.3, -0.25) is 20.9 Å². The molecule has 0 bridgehead atoms. The van der Waals surface area contributed by atoms with Crippen LogP contribution < -0.4 is 26.1 Å². The monoisotopic (exact) mass is 631 g/mol. The Labute approximate surface area is 257 Å². The van der Waals surface area contributed by atoms with Gasteiger partial charge in [-0.2, -0.15) is 18.2 Å². The summed E-state index contributed by atoms with van der Waals surface area (Å²) in [5.74, 6) is -1.39. The fraction of sp³-hybridized carbons (Fsp3) is 0.367. The first-order valence-corrected chi connectivity index (χ1v) is 13.9. The molecule has 0 aliphatic carbocycles. The smallest absolute Gasteiger partial charge is 0.473 e. The molecular weight excluding hydrogens is 595 g/mol. The number of nitrogens with one attached hydrogen (secondary N) is 3. The molecule has 0 unspecified atom stereocenters. The van der Waals surface area contributed by atoms with E-state index in [0.717, 1.165) is 0 Å². The van der Waals surface area contributed by atoms with Crippen molar-refractivity contribution in [2.45, 2.75) is 58.5 Å². The van der Waals surface area contributed by atoms with Crippen molar-refractivity contribution in [3.05, 3.63) is 77.7 Å². The summed E-state index contributed by atoms with van der Waals surface area (Å²) in [7, 11) is 0. The number of alkyl carbamates (subject to hydrolysis) is 1. The first kappa shape index (κ1) is 34.4. The van der Waals surface area contributed by atoms with Gasteiger partial charge in [-0.15, -0.1) is 0 Å². The van der Waals surface area contributed by atoms with Gasteiger partial charge in [0.2, 0.25) is 5.62 Å². The Morgan fingerprint density at radius 2 is 1.31 bits per heavy atom. The van der Waals surface area contributed by atoms with Crippen LogP contribution in [0, 0.1) is 10.8 Å². The summed E-state index contributed by atoms with van der Waals surface area (Å²) in [4.78, 5) is 26.9. The highest BCUT2D eigenvalue weighted by molar-refractivity contribution is 6.04. The molecule has 15 heteroatoms. The average Bonchev–Trinajstić information content (AvgIpc) is 3.33. The molecule has 45 heavy (non-hydrogen) atoms. The van der Waals surface area contributed by atoms with Gasteiger partial charge in [0.05, 0.1) is 13.2 Å². The van der Waals surface area contributed by atoms with Crippen LogP contribution in [0.25, 0.3) is 0 Å². The predicted octanol–water partition coefficient (Wildman–Crippen LogP) is 4.35. The van der Waals surface area contributed by atoms with Crippen molar-refractivity contribution in [1.82, 2.24) is 14.5 Å². The molecule has 0 aliphatic rings. The first-order valence-electron chi connectivity index (χ1n) is 13.9. The predicted molar refractivity (Wildman–Crippen MR) is 159 cm³/mol. The summed E-state index contributed by atoms with van der Waals surface area (Å²) in [6.45, 7) is 6.05. The van der Waals surface area contributed by atoms with E-state index in [1.165, 1.54) is 9.13 Å². The van der Waals surface area contributed by atoms with Crippen molar-refractivity contribution in [2.75, 3.05) is 13.2 Å². The summed E-state index contributed by atoms with van der Waals surface area (Å²) in [5.41, 5.74) is 5.57. The minimum atomic E-state index is -5.11. The van der Waals surface area contributed by atoms with E-state index >= 15 is 0 Å². The molecular formula is C30H36F3N7O5. The van der Waals surface area contributed by atoms with Crippen LogP contribution in [0.1, 0.15) is 44.7 Å². The maximum atomic E-state index is 13.0. The third-order valence-corrected chi connectivity index (χ3v) is 5.94. The molecule has 0 atom stereocenters. The highest BCUT2D eigenvalue weighted by Gasteiger charge is 2.38. The molecule has 2 amide bonds. The van der Waals surface area contributed by atoms with Gasteiger partial charge in [-0.1, -0.05) is 0 Å². The Kier molecular flexibility index (Phi) is 11.5. The van der Waals surface area contributed by atoms with E-state index in [2.05, 4.69) is 10.3 Å². The number of rotatable bonds is 12. The van der Waals surface area contributed by atoms with E-state index in [1.54, 1.807) is 81.7 Å². The number of amidine groups is 2. The molecule has 5 N–H and O–H groups in total. The van der Waals surface area contributed by atoms with Gasteiger partial charge in [0, 0.05) is 36.6 Å². The lowest BCUT2D eigenvalue weighted by Crippen LogP contribution is -2.36. The van der Waals surface area contributed by atoms with Gasteiger partial charge in [0.25, 0.3) is 0 Å². The Morgan fingerprint density at radius 3 is 1.73 bits per heavy atom. The number of hydrogen-bond acceptors (Lipinski definition) is 7. The standard InChI is InChI=1S/C30H36F3N7O5/c1-29(2,3)45-28(42)37-25(36)21-8-12-23(13-9-21)44-19-5-15-40-17-16-39(27(40)38-26(41)30(31,32)33)14-4-18-43-22-10-6-20(7-11-22)24(34)35/h6-13,16-17H,4-5,14-15,18-19H2,1-3H3,(H3,34,35)(H2,36,37,42). The lowest BCUT2D eigenvalue weighted by Gasteiger charge is -2.19. The topological polar surface area (TPSA) is 170 Å². The Hall–Kier alpha value is -5.08. The minimum absolute atomic E-state index is 0.0685. The maximum absolute atomic E-state index is 13.0. The number of ether oxygens (including phenoxy) is 3. The zero-order chi connectivity index (χ0) is 33.2. The SMILES string of the molecule is CC(C)(C)OC(=O)NC(=N)c1ccc(OCCCn2ccn(CCCOc3ccc(C(=N)N)cc3)c2=NC(=O)C(F)(F)F)cc1. The van der Waals surface area contributed by atoms with Crippen molar-refractivity contribution in [3.8, 4) is 11.5 Å². The highest BCUT2D eigenvalue weighted by Crippen LogP contribution is 2.17. The normalized spacial score (nSPS) is 12.0. The van der Waals surface area contributed by atoms with Gasteiger partial charge >= 0.3 is 18.2 Å². The lowest BCUT2D eigenvalue weighted by molar-refractivity contribution is -0.169. The van der Waals surface area contributed by atoms with E-state index in [1.807, 2.05) is 0 Å². The Morgan fingerprint density at radius 1 is 0.844 bits per heavy atom. The van der Waals surface area contributed by atoms with Crippen LogP contribution in [-0.2, 0) is 22.6 Å². The fourth-order valence-electron chi connectivity index (χ4n) is 3.87. The van der Waals surface area contributed by atoms with Gasteiger partial charge in [0.1, 0.15) is 28.8 Å². The van der Waals surface area contributed by atoms with E-state index < -0.39 is 23.8 Å². The van der Waals surface area contributed by atoms with Gasteiger partial charge in [0.15, 0.2) is 0 Å². The third-order valence-electron chi connectivity index (χ3n) is 5.94. The van der Waals surface area contributed by atoms with Crippen LogP contribution in [0.2, 0.25) is 0 Å². The molecule has 0 saturated carbocycles. The average molecular weight is 632 g/mol. The molecule has 3 aromatic rings. The van der Waals surface area contributed by atoms with Crippen LogP contribution >= 0.6 is 0 Å². The van der Waals surface area contributed by atoms with E-state index in [4.69, 9.17) is 30.8 Å². The number of halogens is 3. The third kappa shape index (κ3) is 11.2. The minimum Gasteiger partial charge on any atom is -0.494 e. The number of hydrogen-bond donors (Lipinski definition) is 4. The summed E-state index contributed by atoms with van der Waals surface area (Å²) >= 11 is 0. The number of nitrogen functional groups attached to an aromatic ring is 1. The molecule has 12 nitrogen and oxygen atoms in total. The number of aromatic nitrogens is 2. The van der Waals surface area contributed by atoms with Crippen molar-refractivity contribution >= 4 is 23.7 Å². The van der Waals surface area contributed by atoms with Crippen molar-refractivity contribution < 1.29 is 37.0 Å². The van der Waals surface area contributed by atoms with E-state index in [-0.39, 0.29) is 43.6 Å². The lowest BCUT2D eigenvalue weighted by atomic mass is 10.2. The fourth-order valence-corrected chi connectivity index (χ4v) is 3.87. The number of imidazole rings is 1. The van der Waals surface area contributed by atoms with Crippen molar-refractivity contribution in [3.63, 3.8) is 0 Å². The summed E-state index contributed by atoms with van der Waals surface area (Å²) < 4.78 is 58.5. The number of carbonyl (C=O) groups is 2. The zero-order valence-corrected chi connectivity index (χ0v) is 25.1. The molecule has 242 valence electrons. The van der Waals surface area contributed by atoms with E-state index in [0.29, 0.717) is 35.5 Å². The van der Waals surface area contributed by atoms with Gasteiger partial charge in [-0.25, -0.2) is 4.79 Å². The number of alkyl halides is 3. The van der Waals surface area contributed by atoms with Crippen LogP contribution in [-0.4, -0.2) is 57.8 Å². The number of aryl methyl sites for hydroxylation is 2. The van der Waals surface area contributed by atoms with Crippen LogP contribution in [0.4, 0.5) is 18.0 Å². The summed E-state index contributed by atoms with van der Waals surface area (Å²) in [5, 5.41) is 17.8. The molecule has 1 aromatic heterocycles. The molecule has 2 aromatic carbocycles. The largest absolute Gasteiger partial charge is 0.494 e. The van der Waals surface area contributed by atoms with E-state index in [9.17, 15) is 22.8 Å². The van der Waals surface area contributed by atoms with Crippen molar-refractivity contribution in [2.24, 2.45) is 10.7 Å². The van der Waals surface area contributed by atoms with Gasteiger partial charge < -0.3 is 29.1 Å². The number of amides is 2. The molecule has 3 rings (SSSR count). The number of carbonyl (C=O) groups excluding carboxylic acids is 2. The quantitative estimate of drug-likeness (QED) is 0.132. The second kappa shape index (κ2) is 15.1. The van der Waals surface area contributed by atoms with Crippen molar-refractivity contribution in [1.29, 1.82) is 10.8 Å². The molecule has 0 aliphatic heterocycles. The van der Waals surface area contributed by atoms with Gasteiger partial charge in [-0.05, 0) is 82.1 Å². The summed E-state index contributed by atoms with van der Waals surface area (Å²) in [6.07, 6.45) is -1.97. The van der Waals surface area contributed by atoms with Crippen LogP contribution in [0.5, 0.6) is 11.5 Å². The summed E-state index contributed by atoms with van der Waals surface area (Å²) in [6, 6.07) is 13.0. The molecule has 0 radical (unpaired) electrons. The van der Waals surface area contributed by atoms with Crippen LogP contribution in [0.15, 0.2) is 65.9 Å². The zero-order valence-electron chi connectivity index (χ0n) is 25.1. The Bertz CT molecular complexity index is 1550. The second-order valence-corrected chi connectivity index (χ2v) is 10.8. The maximum Gasteiger partial charge on any atom is 0.473 e. The number of nitrogens with zero attached hydrogens (tertiary/aromatic N) is 3. The highest BCUT2D eigenvalue weighted by atomic mass is 19.4. The van der Waals surface area contributed by atoms with Crippen LogP contribution in [0.3, 0.4) is 0 Å². The second-order valence-electron chi connectivity index (χ2n) is 10.8. The Balaban J connectivity index is 1.55. The molecule has 0 spiro atoms. The molecule has 1 heterocycles.